The molecule has 1 saturated heterocycles. The maximum absolute atomic E-state index is 13.0. The van der Waals surface area contributed by atoms with Gasteiger partial charge in [0.2, 0.25) is 0 Å². The van der Waals surface area contributed by atoms with Crippen molar-refractivity contribution < 1.29 is 4.79 Å². The summed E-state index contributed by atoms with van der Waals surface area (Å²) in [6, 6.07) is 11.4. The molecule has 1 unspecified atom stereocenters. The largest absolute Gasteiger partial charge is 0.350 e. The van der Waals surface area contributed by atoms with E-state index >= 15 is 0 Å². The van der Waals surface area contributed by atoms with Crippen LogP contribution in [0.2, 0.25) is 0 Å². The van der Waals surface area contributed by atoms with Crippen molar-refractivity contribution in [3.8, 4) is 5.69 Å². The molecule has 7 nitrogen and oxygen atoms in total. The third kappa shape index (κ3) is 3.24. The highest BCUT2D eigenvalue weighted by atomic mass is 16.2. The van der Waals surface area contributed by atoms with Crippen LogP contribution in [-0.2, 0) is 7.05 Å². The van der Waals surface area contributed by atoms with E-state index in [1.54, 1.807) is 24.0 Å². The van der Waals surface area contributed by atoms with Crippen LogP contribution in [0, 0.1) is 6.92 Å². The van der Waals surface area contributed by atoms with E-state index in [2.05, 4.69) is 10.1 Å². The molecule has 144 valence electrons. The van der Waals surface area contributed by atoms with Gasteiger partial charge in [-0.2, -0.15) is 5.10 Å². The van der Waals surface area contributed by atoms with Gasteiger partial charge in [-0.1, -0.05) is 18.2 Å². The Morgan fingerprint density at radius 1 is 1.18 bits per heavy atom. The van der Waals surface area contributed by atoms with Crippen LogP contribution in [0.5, 0.6) is 0 Å². The molecule has 1 fully saturated rings. The molecule has 0 aliphatic carbocycles. The van der Waals surface area contributed by atoms with Gasteiger partial charge >= 0.3 is 5.69 Å². The van der Waals surface area contributed by atoms with Crippen molar-refractivity contribution in [1.82, 2.24) is 24.2 Å². The van der Waals surface area contributed by atoms with Crippen LogP contribution in [0.1, 0.15) is 40.5 Å². The highest BCUT2D eigenvalue weighted by molar-refractivity contribution is 5.95. The van der Waals surface area contributed by atoms with Crippen molar-refractivity contribution in [3.63, 3.8) is 0 Å². The number of amides is 1. The van der Waals surface area contributed by atoms with Crippen LogP contribution in [0.25, 0.3) is 5.69 Å². The molecular weight excluding hydrogens is 354 g/mol. The van der Waals surface area contributed by atoms with Gasteiger partial charge in [-0.05, 0) is 43.5 Å². The van der Waals surface area contributed by atoms with E-state index in [1.165, 1.54) is 4.68 Å². The molecule has 7 heteroatoms. The number of nitrogens with zero attached hydrogens (tertiary/aromatic N) is 5. The third-order valence-corrected chi connectivity index (χ3v) is 5.31. The standard InChI is InChI=1S/C21H23N5O2/c1-15-10-11-22-13-18(15)20(27)25-12-6-7-16(14-25)19-23-24(2)21(28)26(19)17-8-4-3-5-9-17/h3-5,8-11,13,16H,6-7,12,14H2,1-2H3. The fourth-order valence-corrected chi connectivity index (χ4v) is 3.80. The predicted octanol–water partition coefficient (Wildman–Crippen LogP) is 2.29. The summed E-state index contributed by atoms with van der Waals surface area (Å²) >= 11 is 0. The van der Waals surface area contributed by atoms with Gasteiger partial charge in [0.15, 0.2) is 0 Å². The number of aromatic nitrogens is 4. The first-order chi connectivity index (χ1) is 13.6. The number of rotatable bonds is 3. The Morgan fingerprint density at radius 3 is 2.71 bits per heavy atom. The van der Waals surface area contributed by atoms with E-state index < -0.39 is 0 Å². The van der Waals surface area contributed by atoms with Gasteiger partial charge in [-0.25, -0.2) is 14.0 Å². The number of aryl methyl sites for hydroxylation is 2. The Labute approximate surface area is 163 Å². The van der Waals surface area contributed by atoms with Crippen LogP contribution in [-0.4, -0.2) is 43.2 Å². The fourth-order valence-electron chi connectivity index (χ4n) is 3.80. The zero-order valence-electron chi connectivity index (χ0n) is 16.1. The van der Waals surface area contributed by atoms with E-state index in [4.69, 9.17) is 0 Å². The summed E-state index contributed by atoms with van der Waals surface area (Å²) in [7, 11) is 1.66. The minimum Gasteiger partial charge on any atom is -0.338 e. The first kappa shape index (κ1) is 18.2. The Hall–Kier alpha value is -3.22. The molecule has 4 rings (SSSR count). The molecule has 0 N–H and O–H groups in total. The van der Waals surface area contributed by atoms with Crippen molar-refractivity contribution in [2.24, 2.45) is 7.05 Å². The van der Waals surface area contributed by atoms with Gasteiger partial charge in [0.1, 0.15) is 5.82 Å². The fraction of sp³-hybridized carbons (Fsp3) is 0.333. The van der Waals surface area contributed by atoms with E-state index in [0.717, 1.165) is 24.1 Å². The third-order valence-electron chi connectivity index (χ3n) is 5.31. The molecule has 1 aliphatic heterocycles. The van der Waals surface area contributed by atoms with Crippen molar-refractivity contribution in [1.29, 1.82) is 0 Å². The molecule has 2 aromatic heterocycles. The van der Waals surface area contributed by atoms with Gasteiger partial charge in [-0.3, -0.25) is 9.78 Å². The van der Waals surface area contributed by atoms with Crippen LogP contribution in [0.4, 0.5) is 0 Å². The highest BCUT2D eigenvalue weighted by Gasteiger charge is 2.30. The van der Waals surface area contributed by atoms with E-state index in [-0.39, 0.29) is 17.5 Å². The van der Waals surface area contributed by atoms with Crippen LogP contribution in [0.3, 0.4) is 0 Å². The number of hydrogen-bond donors (Lipinski definition) is 0. The number of para-hydroxylation sites is 1. The molecule has 28 heavy (non-hydrogen) atoms. The lowest BCUT2D eigenvalue weighted by Gasteiger charge is -2.32. The quantitative estimate of drug-likeness (QED) is 0.702. The lowest BCUT2D eigenvalue weighted by molar-refractivity contribution is 0.0702. The summed E-state index contributed by atoms with van der Waals surface area (Å²) in [4.78, 5) is 31.7. The second kappa shape index (κ2) is 7.42. The number of carbonyl (C=O) groups is 1. The molecule has 1 atom stereocenters. The first-order valence-corrected chi connectivity index (χ1v) is 9.47. The van der Waals surface area contributed by atoms with Crippen LogP contribution < -0.4 is 5.69 Å². The highest BCUT2D eigenvalue weighted by Crippen LogP contribution is 2.27. The van der Waals surface area contributed by atoms with Crippen molar-refractivity contribution >= 4 is 5.91 Å². The topological polar surface area (TPSA) is 73.0 Å². The zero-order chi connectivity index (χ0) is 19.7. The lowest BCUT2D eigenvalue weighted by Crippen LogP contribution is -2.40. The summed E-state index contributed by atoms with van der Waals surface area (Å²) in [6.45, 7) is 3.16. The molecule has 0 bridgehead atoms. The molecule has 3 heterocycles. The monoisotopic (exact) mass is 377 g/mol. The Bertz CT molecular complexity index is 1050. The molecule has 1 aromatic carbocycles. The van der Waals surface area contributed by atoms with Gasteiger partial charge in [0, 0.05) is 38.4 Å². The summed E-state index contributed by atoms with van der Waals surface area (Å²) in [5, 5.41) is 4.51. The minimum absolute atomic E-state index is 0.00350. The number of carbonyl (C=O) groups excluding carboxylic acids is 1. The summed E-state index contributed by atoms with van der Waals surface area (Å²) in [5.74, 6) is 0.697. The number of piperidine rings is 1. The summed E-state index contributed by atoms with van der Waals surface area (Å²) in [5.41, 5.74) is 2.17. The Kier molecular flexibility index (Phi) is 4.81. The average molecular weight is 377 g/mol. The maximum atomic E-state index is 13.0. The van der Waals surface area contributed by atoms with Gasteiger partial charge < -0.3 is 4.90 Å². The molecular formula is C21H23N5O2. The van der Waals surface area contributed by atoms with Gasteiger partial charge in [0.25, 0.3) is 5.91 Å². The molecule has 3 aromatic rings. The van der Waals surface area contributed by atoms with Crippen LogP contribution >= 0.6 is 0 Å². The zero-order valence-corrected chi connectivity index (χ0v) is 16.1. The van der Waals surface area contributed by atoms with Gasteiger partial charge in [0.05, 0.1) is 11.3 Å². The van der Waals surface area contributed by atoms with Crippen LogP contribution in [0.15, 0.2) is 53.6 Å². The molecule has 1 amide bonds. The minimum atomic E-state index is -0.173. The molecule has 0 radical (unpaired) electrons. The van der Waals surface area contributed by atoms with Crippen molar-refractivity contribution in [3.05, 3.63) is 76.2 Å². The number of benzene rings is 1. The number of likely N-dealkylation sites (tertiary alicyclic amines) is 1. The SMILES string of the molecule is Cc1ccncc1C(=O)N1CCCC(c2nn(C)c(=O)n2-c2ccccc2)C1. The second-order valence-corrected chi connectivity index (χ2v) is 7.22. The average Bonchev–Trinajstić information content (AvgIpc) is 3.03. The summed E-state index contributed by atoms with van der Waals surface area (Å²) in [6.07, 6.45) is 5.08. The Morgan fingerprint density at radius 2 is 1.96 bits per heavy atom. The molecule has 0 spiro atoms. The van der Waals surface area contributed by atoms with E-state index in [1.807, 2.05) is 48.2 Å². The Balaban J connectivity index is 1.66. The predicted molar refractivity (Wildman–Crippen MR) is 106 cm³/mol. The summed E-state index contributed by atoms with van der Waals surface area (Å²) < 4.78 is 3.03. The van der Waals surface area contributed by atoms with E-state index in [0.29, 0.717) is 24.5 Å². The van der Waals surface area contributed by atoms with Gasteiger partial charge in [-0.15, -0.1) is 0 Å². The smallest absolute Gasteiger partial charge is 0.338 e. The molecule has 0 saturated carbocycles. The number of pyridine rings is 1. The van der Waals surface area contributed by atoms with Crippen molar-refractivity contribution in [2.75, 3.05) is 13.1 Å². The molecule has 1 aliphatic rings. The normalized spacial score (nSPS) is 16.9. The second-order valence-electron chi connectivity index (χ2n) is 7.22. The number of hydrogen-bond acceptors (Lipinski definition) is 4. The maximum Gasteiger partial charge on any atom is 0.350 e. The lowest BCUT2D eigenvalue weighted by atomic mass is 9.96. The first-order valence-electron chi connectivity index (χ1n) is 9.47. The van der Waals surface area contributed by atoms with E-state index in [9.17, 15) is 9.59 Å². The van der Waals surface area contributed by atoms with Crippen molar-refractivity contribution in [2.45, 2.75) is 25.7 Å².